The van der Waals surface area contributed by atoms with Gasteiger partial charge in [0.25, 0.3) is 0 Å². The van der Waals surface area contributed by atoms with Gasteiger partial charge in [0.15, 0.2) is 5.96 Å². The zero-order valence-electron chi connectivity index (χ0n) is 17.8. The smallest absolute Gasteiger partial charge is 0.243 e. The van der Waals surface area contributed by atoms with Crippen molar-refractivity contribution in [2.75, 3.05) is 52.1 Å². The molecule has 1 atom stereocenters. The van der Waals surface area contributed by atoms with Gasteiger partial charge in [0.05, 0.1) is 11.4 Å². The zero-order chi connectivity index (χ0) is 20.7. The van der Waals surface area contributed by atoms with Crippen LogP contribution >= 0.6 is 35.7 Å². The van der Waals surface area contributed by atoms with Crippen molar-refractivity contribution in [3.05, 3.63) is 29.8 Å². The van der Waals surface area contributed by atoms with Crippen LogP contribution in [-0.2, 0) is 16.6 Å². The number of benzene rings is 1. The van der Waals surface area contributed by atoms with Gasteiger partial charge in [-0.2, -0.15) is 16.1 Å². The SMILES string of the molecule is CCNC(=NCc1ccccc1S(=O)(=O)N1CCN(C)CC1)NCC1CCCS1.I. The van der Waals surface area contributed by atoms with Crippen LogP contribution in [0.5, 0.6) is 0 Å². The highest BCUT2D eigenvalue weighted by atomic mass is 127. The van der Waals surface area contributed by atoms with Crippen molar-refractivity contribution in [3.8, 4) is 0 Å². The van der Waals surface area contributed by atoms with Crippen molar-refractivity contribution >= 4 is 51.7 Å². The van der Waals surface area contributed by atoms with Gasteiger partial charge in [0.2, 0.25) is 10.0 Å². The number of piperazine rings is 1. The molecule has 0 aliphatic carbocycles. The van der Waals surface area contributed by atoms with E-state index in [4.69, 9.17) is 0 Å². The van der Waals surface area contributed by atoms with E-state index in [9.17, 15) is 8.42 Å². The van der Waals surface area contributed by atoms with Gasteiger partial charge >= 0.3 is 0 Å². The molecule has 0 aromatic heterocycles. The molecule has 0 bridgehead atoms. The van der Waals surface area contributed by atoms with Crippen LogP contribution in [0.3, 0.4) is 0 Å². The molecule has 2 aliphatic rings. The first-order valence-electron chi connectivity index (χ1n) is 10.4. The Morgan fingerprint density at radius 1 is 1.20 bits per heavy atom. The number of nitrogens with one attached hydrogen (secondary N) is 2. The van der Waals surface area contributed by atoms with Crippen LogP contribution in [0.4, 0.5) is 0 Å². The number of sulfonamides is 1. The van der Waals surface area contributed by atoms with Crippen LogP contribution < -0.4 is 10.6 Å². The van der Waals surface area contributed by atoms with E-state index in [1.807, 2.05) is 37.9 Å². The van der Waals surface area contributed by atoms with Gasteiger partial charge in [0.1, 0.15) is 0 Å². The first-order chi connectivity index (χ1) is 14.0. The monoisotopic (exact) mass is 567 g/mol. The molecule has 7 nitrogen and oxygen atoms in total. The van der Waals surface area contributed by atoms with E-state index in [2.05, 4.69) is 20.5 Å². The molecule has 1 unspecified atom stereocenters. The molecule has 2 heterocycles. The average molecular weight is 568 g/mol. The maximum Gasteiger partial charge on any atom is 0.243 e. The van der Waals surface area contributed by atoms with Gasteiger partial charge in [0, 0.05) is 44.5 Å². The number of guanidine groups is 1. The highest BCUT2D eigenvalue weighted by Gasteiger charge is 2.29. The van der Waals surface area contributed by atoms with E-state index < -0.39 is 10.0 Å². The predicted octanol–water partition coefficient (Wildman–Crippen LogP) is 2.19. The van der Waals surface area contributed by atoms with E-state index in [1.54, 1.807) is 16.4 Å². The number of nitrogens with zero attached hydrogens (tertiary/aromatic N) is 3. The third-order valence-electron chi connectivity index (χ3n) is 5.33. The molecule has 1 aromatic rings. The lowest BCUT2D eigenvalue weighted by Crippen LogP contribution is -2.47. The summed E-state index contributed by atoms with van der Waals surface area (Å²) in [5.74, 6) is 1.98. The van der Waals surface area contributed by atoms with Crippen molar-refractivity contribution in [3.63, 3.8) is 0 Å². The second-order valence-electron chi connectivity index (χ2n) is 7.53. The maximum atomic E-state index is 13.2. The molecule has 2 fully saturated rings. The second kappa shape index (κ2) is 12.5. The van der Waals surface area contributed by atoms with Gasteiger partial charge in [-0.25, -0.2) is 13.4 Å². The molecule has 0 radical (unpaired) electrons. The second-order valence-corrected chi connectivity index (χ2v) is 10.8. The van der Waals surface area contributed by atoms with Crippen molar-refractivity contribution in [2.24, 2.45) is 4.99 Å². The Morgan fingerprint density at radius 2 is 1.93 bits per heavy atom. The summed E-state index contributed by atoms with van der Waals surface area (Å²) >= 11 is 2.01. The van der Waals surface area contributed by atoms with Gasteiger partial charge in [-0.1, -0.05) is 18.2 Å². The molecule has 2 aliphatic heterocycles. The van der Waals surface area contributed by atoms with Gasteiger partial charge in [-0.3, -0.25) is 0 Å². The molecule has 1 aromatic carbocycles. The molecule has 170 valence electrons. The summed E-state index contributed by atoms with van der Waals surface area (Å²) in [5, 5.41) is 7.31. The third-order valence-corrected chi connectivity index (χ3v) is 8.72. The van der Waals surface area contributed by atoms with Crippen LogP contribution in [0.2, 0.25) is 0 Å². The minimum absolute atomic E-state index is 0. The van der Waals surface area contributed by atoms with Crippen molar-refractivity contribution in [2.45, 2.75) is 36.5 Å². The van der Waals surface area contributed by atoms with Crippen LogP contribution in [0, 0.1) is 0 Å². The van der Waals surface area contributed by atoms with E-state index in [1.165, 1.54) is 18.6 Å². The predicted molar refractivity (Wildman–Crippen MR) is 136 cm³/mol. The fourth-order valence-electron chi connectivity index (χ4n) is 3.58. The minimum Gasteiger partial charge on any atom is -0.357 e. The number of likely N-dealkylation sites (N-methyl/N-ethyl adjacent to an activating group) is 1. The number of rotatable bonds is 7. The molecule has 2 N–H and O–H groups in total. The zero-order valence-corrected chi connectivity index (χ0v) is 21.8. The highest BCUT2D eigenvalue weighted by molar-refractivity contribution is 14.0. The molecule has 3 rings (SSSR count). The Kier molecular flexibility index (Phi) is 10.7. The molecule has 0 saturated carbocycles. The number of hydrogen-bond donors (Lipinski definition) is 2. The van der Waals surface area contributed by atoms with E-state index in [0.29, 0.717) is 29.8 Å². The summed E-state index contributed by atoms with van der Waals surface area (Å²) in [6.07, 6.45) is 2.52. The topological polar surface area (TPSA) is 77.0 Å². The average Bonchev–Trinajstić information content (AvgIpc) is 3.24. The van der Waals surface area contributed by atoms with Gasteiger partial charge in [-0.15, -0.1) is 24.0 Å². The number of thioether (sulfide) groups is 1. The van der Waals surface area contributed by atoms with Gasteiger partial charge in [-0.05, 0) is 44.2 Å². The lowest BCUT2D eigenvalue weighted by molar-refractivity contribution is 0.222. The maximum absolute atomic E-state index is 13.2. The summed E-state index contributed by atoms with van der Waals surface area (Å²) in [7, 11) is -1.49. The Labute approximate surface area is 202 Å². The van der Waals surface area contributed by atoms with Crippen molar-refractivity contribution in [1.82, 2.24) is 19.8 Å². The van der Waals surface area contributed by atoms with E-state index in [0.717, 1.165) is 37.7 Å². The summed E-state index contributed by atoms with van der Waals surface area (Å²) in [4.78, 5) is 7.19. The third kappa shape index (κ3) is 6.98. The summed E-state index contributed by atoms with van der Waals surface area (Å²) in [6, 6.07) is 7.23. The first kappa shape index (κ1) is 25.7. The van der Waals surface area contributed by atoms with Crippen molar-refractivity contribution < 1.29 is 8.42 Å². The Hall–Kier alpha value is -0.560. The molecule has 2 saturated heterocycles. The number of hydrogen-bond acceptors (Lipinski definition) is 5. The Morgan fingerprint density at radius 3 is 2.60 bits per heavy atom. The van der Waals surface area contributed by atoms with Crippen LogP contribution in [0.25, 0.3) is 0 Å². The highest BCUT2D eigenvalue weighted by Crippen LogP contribution is 2.25. The van der Waals surface area contributed by atoms with Gasteiger partial charge < -0.3 is 15.5 Å². The van der Waals surface area contributed by atoms with E-state index >= 15 is 0 Å². The Bertz CT molecular complexity index is 792. The number of aliphatic imine (C=N–C) groups is 1. The lowest BCUT2D eigenvalue weighted by atomic mass is 10.2. The van der Waals surface area contributed by atoms with Crippen LogP contribution in [0.1, 0.15) is 25.3 Å². The fourth-order valence-corrected chi connectivity index (χ4v) is 6.41. The molecular formula is C20H34IN5O2S2. The van der Waals surface area contributed by atoms with E-state index in [-0.39, 0.29) is 24.0 Å². The lowest BCUT2D eigenvalue weighted by Gasteiger charge is -2.32. The summed E-state index contributed by atoms with van der Waals surface area (Å²) in [6.45, 7) is 6.59. The Balaban J connectivity index is 0.00000320. The fraction of sp³-hybridized carbons (Fsp3) is 0.650. The largest absolute Gasteiger partial charge is 0.357 e. The normalized spacial score (nSPS) is 21.3. The molecular weight excluding hydrogens is 533 g/mol. The van der Waals surface area contributed by atoms with Crippen LogP contribution in [-0.4, -0.2) is 80.9 Å². The van der Waals surface area contributed by atoms with Crippen molar-refractivity contribution in [1.29, 1.82) is 0 Å². The first-order valence-corrected chi connectivity index (χ1v) is 12.9. The molecule has 30 heavy (non-hydrogen) atoms. The molecule has 10 heteroatoms. The summed E-state index contributed by atoms with van der Waals surface area (Å²) < 4.78 is 28.0. The standard InChI is InChI=1S/C20H33N5O2S2.HI/c1-3-21-20(23-16-18-8-6-14-28-18)22-15-17-7-4-5-9-19(17)29(26,27)25-12-10-24(2)11-13-25;/h4-5,7,9,18H,3,6,8,10-16H2,1-2H3,(H2,21,22,23);1H. The minimum atomic E-state index is -3.51. The number of halogens is 1. The molecule has 0 spiro atoms. The molecule has 0 amide bonds. The quantitative estimate of drug-likeness (QED) is 0.299. The summed E-state index contributed by atoms with van der Waals surface area (Å²) in [5.41, 5.74) is 0.735. The van der Waals surface area contributed by atoms with Crippen LogP contribution in [0.15, 0.2) is 34.2 Å².